The van der Waals surface area contributed by atoms with E-state index in [0.717, 1.165) is 55.5 Å². The summed E-state index contributed by atoms with van der Waals surface area (Å²) in [6, 6.07) is 1.15. The number of thiazole rings is 1. The molecule has 5 nitrogen and oxygen atoms in total. The van der Waals surface area contributed by atoms with Crippen LogP contribution in [0.25, 0.3) is 0 Å². The number of rotatable bonds is 4. The van der Waals surface area contributed by atoms with E-state index in [1.165, 1.54) is 25.7 Å². The largest absolute Gasteiger partial charge is 0.335 e. The number of hydrogen-bond donors (Lipinski definition) is 2. The molecule has 0 radical (unpaired) electrons. The monoisotopic (exact) mass is 348 g/mol. The third kappa shape index (κ3) is 3.45. The van der Waals surface area contributed by atoms with Crippen molar-refractivity contribution in [2.24, 2.45) is 0 Å². The van der Waals surface area contributed by atoms with Gasteiger partial charge in [-0.05, 0) is 45.4 Å². The van der Waals surface area contributed by atoms with Crippen molar-refractivity contribution in [3.8, 4) is 0 Å². The van der Waals surface area contributed by atoms with Gasteiger partial charge in [0.15, 0.2) is 0 Å². The third-order valence-electron chi connectivity index (χ3n) is 5.77. The van der Waals surface area contributed by atoms with Crippen molar-refractivity contribution >= 4 is 17.4 Å². The summed E-state index contributed by atoms with van der Waals surface area (Å²) < 4.78 is 0. The molecular formula is C18H28N4OS. The van der Waals surface area contributed by atoms with E-state index in [2.05, 4.69) is 25.9 Å². The molecule has 1 saturated heterocycles. The lowest BCUT2D eigenvalue weighted by Crippen LogP contribution is -2.53. The normalized spacial score (nSPS) is 24.9. The fraction of sp³-hybridized carbons (Fsp3) is 0.778. The molecule has 1 aromatic rings. The summed E-state index contributed by atoms with van der Waals surface area (Å²) in [5, 5.41) is 9.69. The van der Waals surface area contributed by atoms with E-state index < -0.39 is 0 Å². The highest BCUT2D eigenvalue weighted by molar-refractivity contribution is 7.09. The molecule has 0 aromatic carbocycles. The number of aryl methyl sites for hydroxylation is 1. The molecule has 0 spiro atoms. The van der Waals surface area contributed by atoms with Crippen molar-refractivity contribution in [3.05, 3.63) is 16.1 Å². The van der Waals surface area contributed by atoms with Crippen LogP contribution in [0.3, 0.4) is 0 Å². The first-order valence-corrected chi connectivity index (χ1v) is 10.3. The minimum Gasteiger partial charge on any atom is -0.335 e. The molecule has 3 fully saturated rings. The lowest BCUT2D eigenvalue weighted by molar-refractivity contribution is 0.181. The Kier molecular flexibility index (Phi) is 4.52. The molecule has 4 rings (SSSR count). The summed E-state index contributed by atoms with van der Waals surface area (Å²) in [5.74, 6) is 0. The second kappa shape index (κ2) is 6.64. The van der Waals surface area contributed by atoms with Crippen molar-refractivity contribution in [2.45, 2.75) is 75.9 Å². The molecule has 1 aliphatic heterocycles. The summed E-state index contributed by atoms with van der Waals surface area (Å²) in [5.41, 5.74) is 0.813. The van der Waals surface area contributed by atoms with Crippen LogP contribution in [0, 0.1) is 6.92 Å². The van der Waals surface area contributed by atoms with Crippen LogP contribution in [-0.2, 0) is 5.54 Å². The minimum atomic E-state index is -0.238. The molecule has 0 unspecified atom stereocenters. The smallest absolute Gasteiger partial charge is 0.315 e. The molecule has 0 bridgehead atoms. The average molecular weight is 349 g/mol. The molecule has 1 aromatic heterocycles. The Morgan fingerprint density at radius 1 is 1.25 bits per heavy atom. The quantitative estimate of drug-likeness (QED) is 0.879. The van der Waals surface area contributed by atoms with Crippen molar-refractivity contribution < 1.29 is 4.79 Å². The molecule has 2 amide bonds. The highest BCUT2D eigenvalue weighted by Crippen LogP contribution is 2.40. The Hall–Kier alpha value is -1.14. The Labute approximate surface area is 148 Å². The van der Waals surface area contributed by atoms with E-state index in [9.17, 15) is 4.79 Å². The average Bonchev–Trinajstić information content (AvgIpc) is 3.15. The zero-order valence-electron chi connectivity index (χ0n) is 14.5. The molecule has 2 N–H and O–H groups in total. The van der Waals surface area contributed by atoms with Crippen LogP contribution in [0.15, 0.2) is 5.38 Å². The highest BCUT2D eigenvalue weighted by atomic mass is 32.1. The van der Waals surface area contributed by atoms with Crippen LogP contribution < -0.4 is 10.6 Å². The number of carbonyl (C=O) groups excluding carboxylic acids is 1. The SMILES string of the molecule is Cc1csc(C2(NC(=O)NC3CCN(C4CC4)CC3)CCCC2)n1. The Morgan fingerprint density at radius 3 is 2.54 bits per heavy atom. The predicted molar refractivity (Wildman–Crippen MR) is 96.3 cm³/mol. The molecule has 2 aliphatic carbocycles. The zero-order chi connectivity index (χ0) is 16.6. The topological polar surface area (TPSA) is 57.3 Å². The van der Waals surface area contributed by atoms with Gasteiger partial charge in [-0.3, -0.25) is 0 Å². The van der Waals surface area contributed by atoms with Crippen molar-refractivity contribution in [1.29, 1.82) is 0 Å². The Bertz CT molecular complexity index is 584. The summed E-state index contributed by atoms with van der Waals surface area (Å²) in [4.78, 5) is 19.9. The van der Waals surface area contributed by atoms with Crippen LogP contribution in [-0.4, -0.2) is 41.1 Å². The zero-order valence-corrected chi connectivity index (χ0v) is 15.3. The van der Waals surface area contributed by atoms with Gasteiger partial charge in [-0.1, -0.05) is 12.8 Å². The number of piperidine rings is 1. The molecule has 2 heterocycles. The molecule has 6 heteroatoms. The van der Waals surface area contributed by atoms with Crippen molar-refractivity contribution in [1.82, 2.24) is 20.5 Å². The van der Waals surface area contributed by atoms with E-state index in [1.54, 1.807) is 11.3 Å². The Balaban J connectivity index is 1.34. The summed E-state index contributed by atoms with van der Waals surface area (Å²) in [6.07, 6.45) is 9.24. The summed E-state index contributed by atoms with van der Waals surface area (Å²) in [7, 11) is 0. The second-order valence-electron chi connectivity index (χ2n) is 7.72. The van der Waals surface area contributed by atoms with Gasteiger partial charge < -0.3 is 15.5 Å². The molecule has 132 valence electrons. The van der Waals surface area contributed by atoms with Gasteiger partial charge in [0.25, 0.3) is 0 Å². The number of nitrogens with zero attached hydrogens (tertiary/aromatic N) is 2. The highest BCUT2D eigenvalue weighted by Gasteiger charge is 2.40. The number of carbonyl (C=O) groups is 1. The molecule has 0 atom stereocenters. The second-order valence-corrected chi connectivity index (χ2v) is 8.58. The van der Waals surface area contributed by atoms with Gasteiger partial charge in [0, 0.05) is 36.2 Å². The fourth-order valence-electron chi connectivity index (χ4n) is 4.23. The first-order chi connectivity index (χ1) is 11.6. The first kappa shape index (κ1) is 16.3. The van der Waals surface area contributed by atoms with Gasteiger partial charge in [0.05, 0.1) is 5.54 Å². The maximum Gasteiger partial charge on any atom is 0.315 e. The van der Waals surface area contributed by atoms with E-state index in [0.29, 0.717) is 6.04 Å². The summed E-state index contributed by atoms with van der Waals surface area (Å²) in [6.45, 7) is 4.29. The number of hydrogen-bond acceptors (Lipinski definition) is 4. The number of aromatic nitrogens is 1. The molecule has 2 saturated carbocycles. The maximum atomic E-state index is 12.6. The van der Waals surface area contributed by atoms with Crippen molar-refractivity contribution in [3.63, 3.8) is 0 Å². The first-order valence-electron chi connectivity index (χ1n) is 9.40. The minimum absolute atomic E-state index is 0.00498. The van der Waals surface area contributed by atoms with Crippen LogP contribution in [0.1, 0.15) is 62.1 Å². The standard InChI is InChI=1S/C18H28N4OS/c1-13-12-24-16(19-13)18(8-2-3-9-18)21-17(23)20-14-6-10-22(11-7-14)15-4-5-15/h12,14-15H,2-11H2,1H3,(H2,20,21,23). The molecule has 3 aliphatic rings. The van der Waals surface area contributed by atoms with Gasteiger partial charge >= 0.3 is 6.03 Å². The number of nitrogens with one attached hydrogen (secondary N) is 2. The predicted octanol–water partition coefficient (Wildman–Crippen LogP) is 3.15. The summed E-state index contributed by atoms with van der Waals surface area (Å²) >= 11 is 1.68. The van der Waals surface area contributed by atoms with Crippen molar-refractivity contribution in [2.75, 3.05) is 13.1 Å². The van der Waals surface area contributed by atoms with Gasteiger partial charge in [-0.15, -0.1) is 11.3 Å². The van der Waals surface area contributed by atoms with Gasteiger partial charge in [-0.25, -0.2) is 9.78 Å². The van der Waals surface area contributed by atoms with E-state index in [4.69, 9.17) is 0 Å². The maximum absolute atomic E-state index is 12.6. The number of urea groups is 1. The van der Waals surface area contributed by atoms with Crippen LogP contribution in [0.4, 0.5) is 4.79 Å². The number of amides is 2. The van der Waals surface area contributed by atoms with E-state index in [1.807, 2.05) is 6.92 Å². The molecule has 24 heavy (non-hydrogen) atoms. The van der Waals surface area contributed by atoms with Crippen LogP contribution in [0.2, 0.25) is 0 Å². The molecular weight excluding hydrogens is 320 g/mol. The van der Waals surface area contributed by atoms with Gasteiger partial charge in [0.2, 0.25) is 0 Å². The van der Waals surface area contributed by atoms with Gasteiger partial charge in [0.1, 0.15) is 5.01 Å². The van der Waals surface area contributed by atoms with E-state index >= 15 is 0 Å². The fourth-order valence-corrected chi connectivity index (χ4v) is 5.24. The third-order valence-corrected chi connectivity index (χ3v) is 6.93. The van der Waals surface area contributed by atoms with Crippen LogP contribution in [0.5, 0.6) is 0 Å². The van der Waals surface area contributed by atoms with Crippen LogP contribution >= 0.6 is 11.3 Å². The Morgan fingerprint density at radius 2 is 1.96 bits per heavy atom. The lowest BCUT2D eigenvalue weighted by Gasteiger charge is -2.34. The number of likely N-dealkylation sites (tertiary alicyclic amines) is 1. The lowest BCUT2D eigenvalue weighted by atomic mass is 9.98. The van der Waals surface area contributed by atoms with Gasteiger partial charge in [-0.2, -0.15) is 0 Å². The van der Waals surface area contributed by atoms with E-state index in [-0.39, 0.29) is 11.6 Å².